The minimum absolute atomic E-state index is 0.0588. The van der Waals surface area contributed by atoms with Crippen LogP contribution >= 0.6 is 23.2 Å². The van der Waals surface area contributed by atoms with Gasteiger partial charge in [0, 0.05) is 22.5 Å². The molecule has 2 aromatic carbocycles. The highest BCUT2D eigenvalue weighted by molar-refractivity contribution is 6.35. The van der Waals surface area contributed by atoms with Crippen molar-refractivity contribution in [2.75, 3.05) is 6.54 Å². The van der Waals surface area contributed by atoms with Gasteiger partial charge >= 0.3 is 0 Å². The van der Waals surface area contributed by atoms with Gasteiger partial charge in [-0.2, -0.15) is 0 Å². The van der Waals surface area contributed by atoms with Crippen LogP contribution in [0.2, 0.25) is 10.0 Å². The fourth-order valence-electron chi connectivity index (χ4n) is 2.99. The van der Waals surface area contributed by atoms with Gasteiger partial charge in [-0.3, -0.25) is 4.79 Å². The van der Waals surface area contributed by atoms with Gasteiger partial charge in [0.05, 0.1) is 5.92 Å². The molecule has 1 aliphatic heterocycles. The topological polar surface area (TPSA) is 29.1 Å². The predicted molar refractivity (Wildman–Crippen MR) is 86.0 cm³/mol. The summed E-state index contributed by atoms with van der Waals surface area (Å²) in [6, 6.07) is 15.4. The van der Waals surface area contributed by atoms with Crippen molar-refractivity contribution in [3.05, 3.63) is 69.7 Å². The Morgan fingerprint density at radius 1 is 1.05 bits per heavy atom. The molecule has 1 heterocycles. The van der Waals surface area contributed by atoms with E-state index in [1.54, 1.807) is 6.07 Å². The van der Waals surface area contributed by atoms with E-state index in [1.807, 2.05) is 42.5 Å². The third-order valence-electron chi connectivity index (χ3n) is 3.96. The van der Waals surface area contributed by atoms with E-state index in [1.165, 1.54) is 0 Å². The van der Waals surface area contributed by atoms with Crippen molar-refractivity contribution >= 4 is 29.1 Å². The molecule has 108 valence electrons. The first-order valence-corrected chi connectivity index (χ1v) is 7.70. The normalized spacial score (nSPS) is 21.9. The molecule has 1 fully saturated rings. The zero-order valence-corrected chi connectivity index (χ0v) is 12.9. The van der Waals surface area contributed by atoms with Gasteiger partial charge in [-0.05, 0) is 29.7 Å². The molecular weight excluding hydrogens is 305 g/mol. The van der Waals surface area contributed by atoms with E-state index in [0.717, 1.165) is 17.5 Å². The van der Waals surface area contributed by atoms with Crippen LogP contribution in [0, 0.1) is 0 Å². The maximum atomic E-state index is 12.4. The Labute approximate surface area is 134 Å². The van der Waals surface area contributed by atoms with Gasteiger partial charge in [0.15, 0.2) is 0 Å². The van der Waals surface area contributed by atoms with E-state index < -0.39 is 0 Å². The van der Waals surface area contributed by atoms with Crippen molar-refractivity contribution in [3.63, 3.8) is 0 Å². The van der Waals surface area contributed by atoms with Crippen molar-refractivity contribution in [3.8, 4) is 0 Å². The van der Waals surface area contributed by atoms with Gasteiger partial charge in [-0.1, -0.05) is 59.6 Å². The van der Waals surface area contributed by atoms with Crippen molar-refractivity contribution in [1.29, 1.82) is 0 Å². The summed E-state index contributed by atoms with van der Waals surface area (Å²) < 4.78 is 0. The van der Waals surface area contributed by atoms with Crippen LogP contribution in [-0.2, 0) is 4.79 Å². The maximum absolute atomic E-state index is 12.4. The van der Waals surface area contributed by atoms with E-state index in [0.29, 0.717) is 16.6 Å². The molecule has 0 radical (unpaired) electrons. The first-order valence-electron chi connectivity index (χ1n) is 6.94. The fourth-order valence-corrected chi connectivity index (χ4v) is 3.54. The lowest BCUT2D eigenvalue weighted by molar-refractivity contribution is -0.124. The summed E-state index contributed by atoms with van der Waals surface area (Å²) in [6.45, 7) is 0.672. The quantitative estimate of drug-likeness (QED) is 0.874. The molecule has 0 spiro atoms. The molecule has 2 atom stereocenters. The summed E-state index contributed by atoms with van der Waals surface area (Å²) in [5, 5.41) is 4.19. The van der Waals surface area contributed by atoms with E-state index in [4.69, 9.17) is 23.2 Å². The molecule has 0 bridgehead atoms. The summed E-state index contributed by atoms with van der Waals surface area (Å²) in [6.07, 6.45) is 0.868. The summed E-state index contributed by atoms with van der Waals surface area (Å²) in [4.78, 5) is 12.4. The largest absolute Gasteiger partial charge is 0.356 e. The summed E-state index contributed by atoms with van der Waals surface area (Å²) in [5.74, 6) is -0.0759. The number of carbonyl (C=O) groups is 1. The molecule has 2 aromatic rings. The van der Waals surface area contributed by atoms with Crippen LogP contribution in [-0.4, -0.2) is 12.5 Å². The van der Waals surface area contributed by atoms with Crippen LogP contribution in [0.4, 0.5) is 0 Å². The van der Waals surface area contributed by atoms with Crippen LogP contribution < -0.4 is 5.32 Å². The second kappa shape index (κ2) is 6.08. The molecule has 1 aliphatic rings. The Bertz CT molecular complexity index is 657. The minimum Gasteiger partial charge on any atom is -0.356 e. The molecule has 1 saturated heterocycles. The average Bonchev–Trinajstić information content (AvgIpc) is 2.48. The monoisotopic (exact) mass is 319 g/mol. The number of carbonyl (C=O) groups excluding carboxylic acids is 1. The second-order valence-electron chi connectivity index (χ2n) is 5.24. The molecule has 21 heavy (non-hydrogen) atoms. The van der Waals surface area contributed by atoms with Crippen LogP contribution in [0.15, 0.2) is 48.5 Å². The summed E-state index contributed by atoms with van der Waals surface area (Å²) in [7, 11) is 0. The lowest BCUT2D eigenvalue weighted by Crippen LogP contribution is -2.39. The van der Waals surface area contributed by atoms with Gasteiger partial charge in [-0.25, -0.2) is 0 Å². The highest BCUT2D eigenvalue weighted by Gasteiger charge is 2.35. The smallest absolute Gasteiger partial charge is 0.228 e. The van der Waals surface area contributed by atoms with Crippen LogP contribution in [0.5, 0.6) is 0 Å². The van der Waals surface area contributed by atoms with Gasteiger partial charge in [-0.15, -0.1) is 0 Å². The molecule has 0 aromatic heterocycles. The van der Waals surface area contributed by atoms with E-state index >= 15 is 0 Å². The molecule has 4 heteroatoms. The minimum atomic E-state index is -0.210. The van der Waals surface area contributed by atoms with Crippen molar-refractivity contribution in [2.24, 2.45) is 0 Å². The zero-order chi connectivity index (χ0) is 14.8. The molecule has 2 nitrogen and oxygen atoms in total. The first kappa shape index (κ1) is 14.4. The second-order valence-corrected chi connectivity index (χ2v) is 6.08. The Balaban J connectivity index is 2.04. The van der Waals surface area contributed by atoms with Crippen molar-refractivity contribution < 1.29 is 4.79 Å². The SMILES string of the molecule is O=C1NCC[C@H](c2ccc(Cl)cc2Cl)[C@@H]1c1ccccc1. The molecular formula is C17H15Cl2NO. The van der Waals surface area contributed by atoms with E-state index in [-0.39, 0.29) is 17.7 Å². The lowest BCUT2D eigenvalue weighted by Gasteiger charge is -2.32. The predicted octanol–water partition coefficient (Wildman–Crippen LogP) is 4.38. The fraction of sp³-hybridized carbons (Fsp3) is 0.235. The zero-order valence-electron chi connectivity index (χ0n) is 11.4. The molecule has 3 rings (SSSR count). The number of amides is 1. The first-order chi connectivity index (χ1) is 10.2. The Morgan fingerprint density at radius 3 is 2.52 bits per heavy atom. The third-order valence-corrected chi connectivity index (χ3v) is 4.52. The Hall–Kier alpha value is -1.51. The van der Waals surface area contributed by atoms with Gasteiger partial charge in [0.25, 0.3) is 0 Å². The van der Waals surface area contributed by atoms with Crippen molar-refractivity contribution in [1.82, 2.24) is 5.32 Å². The number of nitrogens with one attached hydrogen (secondary N) is 1. The number of halogens is 2. The number of rotatable bonds is 2. The van der Waals surface area contributed by atoms with Gasteiger partial charge in [0.1, 0.15) is 0 Å². The Morgan fingerprint density at radius 2 is 1.81 bits per heavy atom. The highest BCUT2D eigenvalue weighted by atomic mass is 35.5. The summed E-state index contributed by atoms with van der Waals surface area (Å²) >= 11 is 12.3. The van der Waals surface area contributed by atoms with Gasteiger partial charge < -0.3 is 5.32 Å². The van der Waals surface area contributed by atoms with E-state index in [9.17, 15) is 4.79 Å². The van der Waals surface area contributed by atoms with E-state index in [2.05, 4.69) is 5.32 Å². The third kappa shape index (κ3) is 2.92. The highest BCUT2D eigenvalue weighted by Crippen LogP contribution is 2.41. The lowest BCUT2D eigenvalue weighted by atomic mass is 9.77. The van der Waals surface area contributed by atoms with Crippen molar-refractivity contribution in [2.45, 2.75) is 18.3 Å². The molecule has 0 saturated carbocycles. The molecule has 0 aliphatic carbocycles. The number of hydrogen-bond donors (Lipinski definition) is 1. The number of benzene rings is 2. The van der Waals surface area contributed by atoms with Crippen LogP contribution in [0.1, 0.15) is 29.4 Å². The molecule has 1 amide bonds. The molecule has 0 unspecified atom stereocenters. The Kier molecular flexibility index (Phi) is 4.18. The number of hydrogen-bond acceptors (Lipinski definition) is 1. The standard InChI is InChI=1S/C17H15Cl2NO/c18-12-6-7-13(15(19)10-12)14-8-9-20-17(21)16(14)11-4-2-1-3-5-11/h1-7,10,14,16H,8-9H2,(H,20,21)/t14-,16+/m1/s1. The van der Waals surface area contributed by atoms with Crippen LogP contribution in [0.25, 0.3) is 0 Å². The van der Waals surface area contributed by atoms with Crippen LogP contribution in [0.3, 0.4) is 0 Å². The summed E-state index contributed by atoms with van der Waals surface area (Å²) in [5.41, 5.74) is 2.01. The number of piperidine rings is 1. The average molecular weight is 320 g/mol. The maximum Gasteiger partial charge on any atom is 0.228 e. The molecule has 1 N–H and O–H groups in total. The van der Waals surface area contributed by atoms with Gasteiger partial charge in [0.2, 0.25) is 5.91 Å².